The normalized spacial score (nSPS) is 11.5. The number of unbranched alkanes of at least 4 members (excludes halogenated alkanes) is 1. The van der Waals surface area contributed by atoms with E-state index in [0.29, 0.717) is 40.5 Å². The van der Waals surface area contributed by atoms with Crippen LogP contribution in [-0.2, 0) is 4.79 Å². The maximum absolute atomic E-state index is 14.1. The number of hydrogen-bond donors (Lipinski definition) is 1. The number of benzene rings is 2. The Morgan fingerprint density at radius 1 is 1.09 bits per heavy atom. The molecule has 2 aromatic carbocycles. The second-order valence-corrected chi connectivity index (χ2v) is 8.56. The number of nitrogens with one attached hydrogen (secondary N) is 1. The zero-order valence-electron chi connectivity index (χ0n) is 19.7. The second-order valence-electron chi connectivity index (χ2n) is 7.68. The minimum Gasteiger partial charge on any atom is -0.493 e. The van der Waals surface area contributed by atoms with Gasteiger partial charge in [-0.2, -0.15) is 5.10 Å². The Morgan fingerprint density at radius 3 is 2.65 bits per heavy atom. The van der Waals surface area contributed by atoms with Crippen LogP contribution in [0.2, 0.25) is 0 Å². The van der Waals surface area contributed by atoms with Gasteiger partial charge >= 0.3 is 0 Å². The number of ether oxygens (including phenoxy) is 2. The zero-order valence-corrected chi connectivity index (χ0v) is 20.5. The van der Waals surface area contributed by atoms with Gasteiger partial charge in [-0.05, 0) is 44.0 Å². The largest absolute Gasteiger partial charge is 0.493 e. The quantitative estimate of drug-likeness (QED) is 0.191. The molecular formula is C26H29FN2O4S. The number of methoxy groups -OCH3 is 1. The van der Waals surface area contributed by atoms with Gasteiger partial charge in [0.05, 0.1) is 24.1 Å². The Labute approximate surface area is 202 Å². The van der Waals surface area contributed by atoms with E-state index in [2.05, 4.69) is 17.5 Å². The highest BCUT2D eigenvalue weighted by molar-refractivity contribution is 7.17. The van der Waals surface area contributed by atoms with E-state index in [4.69, 9.17) is 9.47 Å². The van der Waals surface area contributed by atoms with Crippen LogP contribution in [0.15, 0.2) is 46.9 Å². The zero-order chi connectivity index (χ0) is 24.5. The molecule has 0 spiro atoms. The van der Waals surface area contributed by atoms with Gasteiger partial charge in [0.15, 0.2) is 17.3 Å². The molecule has 0 atom stereocenters. The molecule has 0 unspecified atom stereocenters. The number of Topliss-reactive ketones (excluding diaryl/α,β-unsaturated/α-hetero) is 1. The maximum atomic E-state index is 14.1. The molecule has 0 saturated carbocycles. The predicted octanol–water partition coefficient (Wildman–Crippen LogP) is 6.12. The number of amides is 1. The van der Waals surface area contributed by atoms with E-state index in [0.717, 1.165) is 23.8 Å². The van der Waals surface area contributed by atoms with Crippen molar-refractivity contribution in [3.63, 3.8) is 0 Å². The van der Waals surface area contributed by atoms with E-state index < -0.39 is 0 Å². The third kappa shape index (κ3) is 6.20. The number of hydrazone groups is 1. The predicted molar refractivity (Wildman–Crippen MR) is 134 cm³/mol. The van der Waals surface area contributed by atoms with Crippen molar-refractivity contribution in [3.05, 3.63) is 58.7 Å². The van der Waals surface area contributed by atoms with Gasteiger partial charge in [-0.15, -0.1) is 11.3 Å². The highest BCUT2D eigenvalue weighted by Crippen LogP contribution is 2.30. The molecule has 34 heavy (non-hydrogen) atoms. The number of nitrogens with zero attached hydrogens (tertiary/aromatic N) is 1. The van der Waals surface area contributed by atoms with Gasteiger partial charge in [0, 0.05) is 34.7 Å². The Balaban J connectivity index is 1.66. The van der Waals surface area contributed by atoms with Crippen LogP contribution in [0, 0.1) is 5.82 Å². The molecule has 0 aliphatic heterocycles. The Bertz CT molecular complexity index is 1190. The molecule has 1 amide bonds. The summed E-state index contributed by atoms with van der Waals surface area (Å²) in [5.74, 6) is 0.241. The molecule has 0 bridgehead atoms. The lowest BCUT2D eigenvalue weighted by Gasteiger charge is -2.10. The van der Waals surface area contributed by atoms with Gasteiger partial charge in [0.1, 0.15) is 5.82 Å². The van der Waals surface area contributed by atoms with Crippen LogP contribution < -0.4 is 14.9 Å². The van der Waals surface area contributed by atoms with Gasteiger partial charge in [-0.25, -0.2) is 9.82 Å². The summed E-state index contributed by atoms with van der Waals surface area (Å²) in [7, 11) is 1.51. The van der Waals surface area contributed by atoms with Crippen molar-refractivity contribution in [2.75, 3.05) is 13.7 Å². The number of thiophene rings is 1. The summed E-state index contributed by atoms with van der Waals surface area (Å²) in [5.41, 5.74) is 4.56. The average molecular weight is 485 g/mol. The van der Waals surface area contributed by atoms with E-state index in [-0.39, 0.29) is 30.3 Å². The van der Waals surface area contributed by atoms with Crippen LogP contribution in [0.4, 0.5) is 4.39 Å². The number of ketones is 1. The van der Waals surface area contributed by atoms with Crippen molar-refractivity contribution in [1.82, 2.24) is 5.43 Å². The lowest BCUT2D eigenvalue weighted by Crippen LogP contribution is -2.21. The minimum absolute atomic E-state index is 0.00205. The topological polar surface area (TPSA) is 77.0 Å². The Hall–Kier alpha value is -3.26. The molecule has 6 nitrogen and oxygen atoms in total. The molecule has 180 valence electrons. The third-order valence-electron chi connectivity index (χ3n) is 5.31. The monoisotopic (exact) mass is 484 g/mol. The first kappa shape index (κ1) is 25.4. The van der Waals surface area contributed by atoms with E-state index in [9.17, 15) is 14.0 Å². The summed E-state index contributed by atoms with van der Waals surface area (Å²) < 4.78 is 25.4. The van der Waals surface area contributed by atoms with Crippen LogP contribution in [-0.4, -0.2) is 31.1 Å². The highest BCUT2D eigenvalue weighted by Gasteiger charge is 2.15. The number of fused-ring (bicyclic) bond motifs is 1. The molecule has 1 aromatic heterocycles. The van der Waals surface area contributed by atoms with E-state index in [1.54, 1.807) is 24.3 Å². The van der Waals surface area contributed by atoms with Crippen LogP contribution >= 0.6 is 11.3 Å². The maximum Gasteiger partial charge on any atom is 0.240 e. The Morgan fingerprint density at radius 2 is 1.91 bits per heavy atom. The lowest BCUT2D eigenvalue weighted by molar-refractivity contribution is -0.121. The fraction of sp³-hybridized carbons (Fsp3) is 0.346. The van der Waals surface area contributed by atoms with Crippen LogP contribution in [0.3, 0.4) is 0 Å². The molecule has 0 radical (unpaired) electrons. The van der Waals surface area contributed by atoms with Gasteiger partial charge in [-0.1, -0.05) is 25.5 Å². The first-order valence-electron chi connectivity index (χ1n) is 11.3. The molecule has 3 rings (SSSR count). The third-order valence-corrected chi connectivity index (χ3v) is 6.31. The molecule has 8 heteroatoms. The standard InChI is InChI=1S/C26H29FN2O4S/c1-4-6-10-21(19-16-34-26-18(19)8-7-9-20(26)27)28-29-25(31)14-12-22(30)17-11-13-23(33-5-2)24(15-17)32-3/h7-9,11,13,15-16H,4-6,10,12,14H2,1-3H3,(H,29,31)/b28-21-. The van der Waals surface area contributed by atoms with Crippen molar-refractivity contribution in [3.8, 4) is 11.5 Å². The Kier molecular flexibility index (Phi) is 9.16. The van der Waals surface area contributed by atoms with Crippen LogP contribution in [0.1, 0.15) is 61.9 Å². The summed E-state index contributed by atoms with van der Waals surface area (Å²) in [5, 5.41) is 7.01. The average Bonchev–Trinajstić information content (AvgIpc) is 3.28. The summed E-state index contributed by atoms with van der Waals surface area (Å²) in [6.45, 7) is 4.43. The van der Waals surface area contributed by atoms with E-state index >= 15 is 0 Å². The molecule has 3 aromatic rings. The number of carbonyl (C=O) groups excluding carboxylic acids is 2. The highest BCUT2D eigenvalue weighted by atomic mass is 32.1. The fourth-order valence-corrected chi connectivity index (χ4v) is 4.50. The molecule has 0 fully saturated rings. The van der Waals surface area contributed by atoms with Gasteiger partial charge in [-0.3, -0.25) is 9.59 Å². The first-order valence-corrected chi connectivity index (χ1v) is 12.2. The number of hydrogen-bond acceptors (Lipinski definition) is 6. The first-order chi connectivity index (χ1) is 16.5. The molecule has 0 saturated heterocycles. The molecule has 1 N–H and O–H groups in total. The van der Waals surface area contributed by atoms with Gasteiger partial charge in [0.25, 0.3) is 0 Å². The summed E-state index contributed by atoms with van der Waals surface area (Å²) in [6.07, 6.45) is 2.54. The van der Waals surface area contributed by atoms with Gasteiger partial charge in [0.2, 0.25) is 5.91 Å². The molecule has 0 aliphatic carbocycles. The van der Waals surface area contributed by atoms with E-state index in [1.165, 1.54) is 24.5 Å². The number of carbonyl (C=O) groups is 2. The smallest absolute Gasteiger partial charge is 0.240 e. The van der Waals surface area contributed by atoms with Crippen molar-refractivity contribution in [2.45, 2.75) is 46.0 Å². The lowest BCUT2D eigenvalue weighted by atomic mass is 10.0. The molecule has 0 aliphatic rings. The summed E-state index contributed by atoms with van der Waals surface area (Å²) >= 11 is 1.32. The SMILES string of the molecule is CCCC/C(=N/NC(=O)CCC(=O)c1ccc(OCC)c(OC)c1)c1csc2c(F)cccc12. The minimum atomic E-state index is -0.356. The molecule has 1 heterocycles. The second kappa shape index (κ2) is 12.3. The molecular weight excluding hydrogens is 455 g/mol. The van der Waals surface area contributed by atoms with Crippen molar-refractivity contribution < 1.29 is 23.5 Å². The van der Waals surface area contributed by atoms with Crippen LogP contribution in [0.5, 0.6) is 11.5 Å². The van der Waals surface area contributed by atoms with Crippen molar-refractivity contribution in [1.29, 1.82) is 0 Å². The van der Waals surface area contributed by atoms with Crippen LogP contribution in [0.25, 0.3) is 10.1 Å². The van der Waals surface area contributed by atoms with E-state index in [1.807, 2.05) is 18.4 Å². The van der Waals surface area contributed by atoms with Crippen molar-refractivity contribution in [2.24, 2.45) is 5.10 Å². The number of rotatable bonds is 12. The van der Waals surface area contributed by atoms with Gasteiger partial charge < -0.3 is 9.47 Å². The fourth-order valence-electron chi connectivity index (χ4n) is 3.51. The van der Waals surface area contributed by atoms with Crippen molar-refractivity contribution >= 4 is 38.8 Å². The number of halogens is 1. The summed E-state index contributed by atoms with van der Waals surface area (Å²) in [6, 6.07) is 9.93. The summed E-state index contributed by atoms with van der Waals surface area (Å²) in [4.78, 5) is 25.0.